The number of hydrogen-bond donors (Lipinski definition) is 0. The van der Waals surface area contributed by atoms with E-state index in [9.17, 15) is 8.42 Å². The molecule has 0 aliphatic heterocycles. The second-order valence-electron chi connectivity index (χ2n) is 2.40. The Hall–Kier alpha value is -0.360. The lowest BCUT2D eigenvalue weighted by Crippen LogP contribution is -2.07. The third-order valence-corrected chi connectivity index (χ3v) is 2.75. The van der Waals surface area contributed by atoms with Gasteiger partial charge in [-0.15, -0.1) is 0 Å². The summed E-state index contributed by atoms with van der Waals surface area (Å²) in [5.41, 5.74) is 0. The minimum atomic E-state index is -3.20. The fraction of sp³-hybridized carbons (Fsp3) is 0.500. The van der Waals surface area contributed by atoms with Gasteiger partial charge in [-0.1, -0.05) is 0 Å². The van der Waals surface area contributed by atoms with E-state index in [1.54, 1.807) is 10.8 Å². The number of halogens is 1. The van der Waals surface area contributed by atoms with Gasteiger partial charge in [0.05, 0.1) is 0 Å². The number of sulfone groups is 1. The standard InChI is InChI=1S/C6H9BrN2O2S/c1-3-9-4-5(7)8-6(9)12(2,10)11/h4H,3H2,1-2H3. The lowest BCUT2D eigenvalue weighted by atomic mass is 10.7. The third kappa shape index (κ3) is 1.87. The highest BCUT2D eigenvalue weighted by molar-refractivity contribution is 9.10. The highest BCUT2D eigenvalue weighted by Gasteiger charge is 2.15. The van der Waals surface area contributed by atoms with E-state index in [4.69, 9.17) is 0 Å². The molecule has 0 amide bonds. The first kappa shape index (κ1) is 9.73. The van der Waals surface area contributed by atoms with Gasteiger partial charge in [0, 0.05) is 19.0 Å². The molecule has 0 bridgehead atoms. The van der Waals surface area contributed by atoms with E-state index in [1.165, 1.54) is 0 Å². The van der Waals surface area contributed by atoms with Crippen LogP contribution in [0, 0.1) is 0 Å². The molecule has 0 fully saturated rings. The first-order valence-corrected chi connectivity index (χ1v) is 6.06. The Morgan fingerprint density at radius 1 is 1.67 bits per heavy atom. The van der Waals surface area contributed by atoms with Crippen molar-refractivity contribution in [3.8, 4) is 0 Å². The van der Waals surface area contributed by atoms with Crippen LogP contribution >= 0.6 is 15.9 Å². The summed E-state index contributed by atoms with van der Waals surface area (Å²) < 4.78 is 24.4. The summed E-state index contributed by atoms with van der Waals surface area (Å²) in [7, 11) is -3.20. The van der Waals surface area contributed by atoms with E-state index in [2.05, 4.69) is 20.9 Å². The Morgan fingerprint density at radius 2 is 2.25 bits per heavy atom. The number of imidazole rings is 1. The zero-order valence-electron chi connectivity index (χ0n) is 6.78. The van der Waals surface area contributed by atoms with Gasteiger partial charge >= 0.3 is 0 Å². The average molecular weight is 253 g/mol. The summed E-state index contributed by atoms with van der Waals surface area (Å²) in [5, 5.41) is 0.108. The van der Waals surface area contributed by atoms with Gasteiger partial charge < -0.3 is 4.57 Å². The number of rotatable bonds is 2. The Balaban J connectivity index is 3.33. The van der Waals surface area contributed by atoms with Gasteiger partial charge in [-0.25, -0.2) is 13.4 Å². The van der Waals surface area contributed by atoms with Crippen molar-refractivity contribution in [2.75, 3.05) is 6.26 Å². The van der Waals surface area contributed by atoms with Crippen molar-refractivity contribution in [2.45, 2.75) is 18.6 Å². The fourth-order valence-corrected chi connectivity index (χ4v) is 2.30. The molecule has 0 saturated heterocycles. The van der Waals surface area contributed by atoms with Crippen LogP contribution in [-0.2, 0) is 16.4 Å². The Bertz CT molecular complexity index is 382. The predicted molar refractivity (Wildman–Crippen MR) is 48.7 cm³/mol. The number of hydrogen-bond acceptors (Lipinski definition) is 3. The van der Waals surface area contributed by atoms with Crippen molar-refractivity contribution in [3.63, 3.8) is 0 Å². The predicted octanol–water partition coefficient (Wildman–Crippen LogP) is 1.07. The highest BCUT2D eigenvalue weighted by Crippen LogP contribution is 2.13. The first-order chi connectivity index (χ1) is 5.45. The number of aryl methyl sites for hydroxylation is 1. The Morgan fingerprint density at radius 3 is 2.58 bits per heavy atom. The molecule has 0 N–H and O–H groups in total. The van der Waals surface area contributed by atoms with Gasteiger partial charge in [-0.3, -0.25) is 0 Å². The van der Waals surface area contributed by atoms with E-state index in [-0.39, 0.29) is 5.16 Å². The average Bonchev–Trinajstić information content (AvgIpc) is 2.29. The van der Waals surface area contributed by atoms with Gasteiger partial charge in [0.2, 0.25) is 15.0 Å². The molecule has 1 aromatic rings. The van der Waals surface area contributed by atoms with E-state index in [1.807, 2.05) is 6.92 Å². The van der Waals surface area contributed by atoms with Crippen LogP contribution in [-0.4, -0.2) is 24.2 Å². The van der Waals surface area contributed by atoms with Crippen LogP contribution in [0.5, 0.6) is 0 Å². The van der Waals surface area contributed by atoms with Crippen LogP contribution in [0.1, 0.15) is 6.92 Å². The molecule has 0 aliphatic carbocycles. The molecule has 0 radical (unpaired) electrons. The summed E-state index contributed by atoms with van der Waals surface area (Å²) in [6.07, 6.45) is 2.80. The lowest BCUT2D eigenvalue weighted by Gasteiger charge is -1.99. The summed E-state index contributed by atoms with van der Waals surface area (Å²) in [6.45, 7) is 2.46. The molecule has 4 nitrogen and oxygen atoms in total. The molecule has 0 aliphatic rings. The summed E-state index contributed by atoms with van der Waals surface area (Å²) in [4.78, 5) is 3.84. The highest BCUT2D eigenvalue weighted by atomic mass is 79.9. The molecule has 1 aromatic heterocycles. The molecule has 0 spiro atoms. The van der Waals surface area contributed by atoms with Crippen molar-refractivity contribution in [2.24, 2.45) is 0 Å². The van der Waals surface area contributed by atoms with E-state index in [0.717, 1.165) is 6.26 Å². The second-order valence-corrected chi connectivity index (χ2v) is 5.13. The van der Waals surface area contributed by atoms with Gasteiger partial charge in [-0.2, -0.15) is 0 Å². The number of nitrogens with zero attached hydrogens (tertiary/aromatic N) is 2. The van der Waals surface area contributed by atoms with Crippen LogP contribution in [0.15, 0.2) is 16.0 Å². The van der Waals surface area contributed by atoms with Gasteiger partial charge in [-0.05, 0) is 22.9 Å². The molecule has 0 saturated carbocycles. The minimum absolute atomic E-state index is 0.108. The van der Waals surface area contributed by atoms with Crippen molar-refractivity contribution in [3.05, 3.63) is 10.8 Å². The molecule has 1 heterocycles. The minimum Gasteiger partial charge on any atom is -0.321 e. The molecule has 68 valence electrons. The summed E-state index contributed by atoms with van der Waals surface area (Å²) in [6, 6.07) is 0. The van der Waals surface area contributed by atoms with Crippen LogP contribution in [0.25, 0.3) is 0 Å². The van der Waals surface area contributed by atoms with E-state index in [0.29, 0.717) is 11.1 Å². The Labute approximate surface area is 79.7 Å². The van der Waals surface area contributed by atoms with Gasteiger partial charge in [0.1, 0.15) is 4.60 Å². The van der Waals surface area contributed by atoms with Crippen molar-refractivity contribution in [1.29, 1.82) is 0 Å². The molecule has 6 heteroatoms. The van der Waals surface area contributed by atoms with Crippen molar-refractivity contribution in [1.82, 2.24) is 9.55 Å². The van der Waals surface area contributed by atoms with Crippen LogP contribution in [0.3, 0.4) is 0 Å². The van der Waals surface area contributed by atoms with Crippen LogP contribution in [0.4, 0.5) is 0 Å². The third-order valence-electron chi connectivity index (χ3n) is 1.38. The maximum absolute atomic E-state index is 11.1. The summed E-state index contributed by atoms with van der Waals surface area (Å²) in [5.74, 6) is 0. The topological polar surface area (TPSA) is 52.0 Å². The van der Waals surface area contributed by atoms with Crippen LogP contribution in [0.2, 0.25) is 0 Å². The van der Waals surface area contributed by atoms with Crippen LogP contribution < -0.4 is 0 Å². The molecule has 0 aromatic carbocycles. The molecule has 0 atom stereocenters. The SMILES string of the molecule is CCn1cc(Br)nc1S(C)(=O)=O. The molecule has 1 rings (SSSR count). The molecular weight excluding hydrogens is 244 g/mol. The van der Waals surface area contributed by atoms with E-state index < -0.39 is 9.84 Å². The fourth-order valence-electron chi connectivity index (χ4n) is 0.891. The Kier molecular flexibility index (Phi) is 2.58. The molecule has 12 heavy (non-hydrogen) atoms. The largest absolute Gasteiger partial charge is 0.321 e. The smallest absolute Gasteiger partial charge is 0.228 e. The summed E-state index contributed by atoms with van der Waals surface area (Å²) >= 11 is 3.12. The van der Waals surface area contributed by atoms with Crippen molar-refractivity contribution < 1.29 is 8.42 Å². The zero-order chi connectivity index (χ0) is 9.35. The molecule has 0 unspecified atom stereocenters. The quantitative estimate of drug-likeness (QED) is 0.792. The number of aromatic nitrogens is 2. The van der Waals surface area contributed by atoms with Gasteiger partial charge in [0.15, 0.2) is 0 Å². The lowest BCUT2D eigenvalue weighted by molar-refractivity contribution is 0.574. The zero-order valence-corrected chi connectivity index (χ0v) is 9.18. The second kappa shape index (κ2) is 3.18. The van der Waals surface area contributed by atoms with E-state index >= 15 is 0 Å². The van der Waals surface area contributed by atoms with Crippen molar-refractivity contribution >= 4 is 25.8 Å². The monoisotopic (exact) mass is 252 g/mol. The maximum Gasteiger partial charge on any atom is 0.228 e. The molecular formula is C6H9BrN2O2S. The van der Waals surface area contributed by atoms with Gasteiger partial charge in [0.25, 0.3) is 0 Å². The maximum atomic E-state index is 11.1. The normalized spacial score (nSPS) is 11.9. The first-order valence-electron chi connectivity index (χ1n) is 3.38.